The van der Waals surface area contributed by atoms with Crippen LogP contribution >= 0.6 is 15.9 Å². The summed E-state index contributed by atoms with van der Waals surface area (Å²) in [7, 11) is 0. The van der Waals surface area contributed by atoms with Crippen LogP contribution in [0.5, 0.6) is 0 Å². The van der Waals surface area contributed by atoms with E-state index in [1.54, 1.807) is 6.07 Å². The molecule has 0 unspecified atom stereocenters. The lowest BCUT2D eigenvalue weighted by Gasteiger charge is -2.00. The van der Waals surface area contributed by atoms with Crippen LogP contribution in [-0.4, -0.2) is 26.6 Å². The van der Waals surface area contributed by atoms with E-state index in [-0.39, 0.29) is 12.4 Å². The number of hydrogen-bond acceptors (Lipinski definition) is 8. The second-order valence-electron chi connectivity index (χ2n) is 4.54. The summed E-state index contributed by atoms with van der Waals surface area (Å²) in [5.41, 5.74) is 6.43. The van der Waals surface area contributed by atoms with Gasteiger partial charge in [0.1, 0.15) is 17.7 Å². The summed E-state index contributed by atoms with van der Waals surface area (Å²) in [5, 5.41) is 11.4. The maximum Gasteiger partial charge on any atom is 0.442 e. The first-order chi connectivity index (χ1) is 10.7. The van der Waals surface area contributed by atoms with Crippen LogP contribution in [0.15, 0.2) is 35.2 Å². The molecular weight excluding hydrogens is 358 g/mol. The Bertz CT molecular complexity index is 817. The van der Waals surface area contributed by atoms with Crippen molar-refractivity contribution >= 4 is 15.9 Å². The molecule has 3 aromatic heterocycles. The summed E-state index contributed by atoms with van der Waals surface area (Å²) in [6.07, 6.45) is 2.81. The Morgan fingerprint density at radius 2 is 2.18 bits per heavy atom. The molecule has 3 heterocycles. The molecule has 9 nitrogen and oxygen atoms in total. The van der Waals surface area contributed by atoms with Crippen molar-refractivity contribution in [2.45, 2.75) is 19.4 Å². The van der Waals surface area contributed by atoms with Gasteiger partial charge in [-0.1, -0.05) is 10.3 Å². The number of nitrogens with zero attached hydrogens (tertiary/aromatic N) is 4. The molecule has 0 saturated carbocycles. The molecule has 0 saturated heterocycles. The number of furan rings is 1. The van der Waals surface area contributed by atoms with E-state index in [0.717, 1.165) is 4.47 Å². The number of nitrogens with two attached hydrogens (primary N) is 1. The Morgan fingerprint density at radius 1 is 1.32 bits per heavy atom. The molecule has 22 heavy (non-hydrogen) atoms. The average molecular weight is 370 g/mol. The van der Waals surface area contributed by atoms with Crippen molar-refractivity contribution in [2.75, 3.05) is 6.54 Å². The highest BCUT2D eigenvalue weighted by Gasteiger charge is 2.21. The molecule has 0 amide bonds. The van der Waals surface area contributed by atoms with Gasteiger partial charge in [-0.2, -0.15) is 0 Å². The third kappa shape index (κ3) is 2.88. The van der Waals surface area contributed by atoms with Crippen LogP contribution in [0.3, 0.4) is 0 Å². The van der Waals surface area contributed by atoms with Crippen LogP contribution in [0.4, 0.5) is 0 Å². The molecule has 3 rings (SSSR count). The van der Waals surface area contributed by atoms with Crippen molar-refractivity contribution in [3.8, 4) is 11.5 Å². The van der Waals surface area contributed by atoms with Crippen LogP contribution in [-0.2, 0) is 13.0 Å². The van der Waals surface area contributed by atoms with E-state index in [9.17, 15) is 4.79 Å². The fourth-order valence-corrected chi connectivity index (χ4v) is 2.33. The van der Waals surface area contributed by atoms with Gasteiger partial charge >= 0.3 is 5.76 Å². The minimum absolute atomic E-state index is 0.159. The van der Waals surface area contributed by atoms with E-state index < -0.39 is 5.76 Å². The van der Waals surface area contributed by atoms with Crippen molar-refractivity contribution < 1.29 is 13.6 Å². The molecule has 2 N–H and O–H groups in total. The molecule has 0 aromatic carbocycles. The maximum atomic E-state index is 11.9. The van der Waals surface area contributed by atoms with Crippen LogP contribution < -0.4 is 11.5 Å². The van der Waals surface area contributed by atoms with Gasteiger partial charge in [-0.05, 0) is 46.5 Å². The van der Waals surface area contributed by atoms with Crippen LogP contribution in [0.1, 0.15) is 17.9 Å². The van der Waals surface area contributed by atoms with Gasteiger partial charge in [-0.3, -0.25) is 4.52 Å². The molecular formula is C12H12BrN5O4. The first-order valence-corrected chi connectivity index (χ1v) is 7.29. The highest BCUT2D eigenvalue weighted by Crippen LogP contribution is 2.20. The Kier molecular flexibility index (Phi) is 4.20. The lowest BCUT2D eigenvalue weighted by atomic mass is 10.2. The van der Waals surface area contributed by atoms with Gasteiger partial charge in [0, 0.05) is 0 Å². The summed E-state index contributed by atoms with van der Waals surface area (Å²) in [6.45, 7) is 0.671. The standard InChI is InChI=1S/C12H12BrN5O4/c13-7-4-8(20-6-7)5-18-11(17-21-12(18)19)10-9(2-1-3-14)15-22-16-10/h4,6H,1-3,5,14H2. The zero-order valence-electron chi connectivity index (χ0n) is 11.4. The topological polar surface area (TPSA) is 126 Å². The maximum absolute atomic E-state index is 11.9. The number of aryl methyl sites for hydroxylation is 1. The Hall–Kier alpha value is -2.20. The molecule has 116 valence electrons. The summed E-state index contributed by atoms with van der Waals surface area (Å²) < 4.78 is 16.9. The summed E-state index contributed by atoms with van der Waals surface area (Å²) in [6, 6.07) is 1.75. The number of aromatic nitrogens is 4. The van der Waals surface area contributed by atoms with E-state index in [1.807, 2.05) is 0 Å². The normalized spacial score (nSPS) is 11.2. The summed E-state index contributed by atoms with van der Waals surface area (Å²) in [5.74, 6) is 0.194. The van der Waals surface area contributed by atoms with Gasteiger partial charge in [-0.25, -0.2) is 14.0 Å². The molecule has 0 aliphatic carbocycles. The lowest BCUT2D eigenvalue weighted by Crippen LogP contribution is -2.16. The first kappa shape index (κ1) is 14.7. The minimum Gasteiger partial charge on any atom is -0.466 e. The minimum atomic E-state index is -0.615. The third-order valence-corrected chi connectivity index (χ3v) is 3.42. The lowest BCUT2D eigenvalue weighted by molar-refractivity contribution is 0.303. The third-order valence-electron chi connectivity index (χ3n) is 3.01. The Morgan fingerprint density at radius 3 is 2.91 bits per heavy atom. The highest BCUT2D eigenvalue weighted by atomic mass is 79.9. The number of hydrogen-bond donors (Lipinski definition) is 1. The van der Waals surface area contributed by atoms with E-state index in [2.05, 4.69) is 31.4 Å². The fraction of sp³-hybridized carbons (Fsp3) is 0.333. The Balaban J connectivity index is 1.95. The smallest absolute Gasteiger partial charge is 0.442 e. The van der Waals surface area contributed by atoms with Crippen molar-refractivity contribution in [1.29, 1.82) is 0 Å². The van der Waals surface area contributed by atoms with Crippen molar-refractivity contribution in [1.82, 2.24) is 20.0 Å². The van der Waals surface area contributed by atoms with Gasteiger partial charge in [-0.15, -0.1) is 0 Å². The molecule has 10 heteroatoms. The van der Waals surface area contributed by atoms with Crippen molar-refractivity contribution in [3.05, 3.63) is 38.8 Å². The molecule has 0 fully saturated rings. The summed E-state index contributed by atoms with van der Waals surface area (Å²) >= 11 is 3.28. The SMILES string of the molecule is NCCCc1nonc1-c1noc(=O)n1Cc1cc(Br)co1. The van der Waals surface area contributed by atoms with Crippen LogP contribution in [0, 0.1) is 0 Å². The van der Waals surface area contributed by atoms with Crippen LogP contribution in [0.2, 0.25) is 0 Å². The van der Waals surface area contributed by atoms with E-state index in [0.29, 0.717) is 36.5 Å². The average Bonchev–Trinajstić information content (AvgIpc) is 3.20. The molecule has 0 atom stereocenters. The highest BCUT2D eigenvalue weighted by molar-refractivity contribution is 9.10. The molecule has 3 aromatic rings. The van der Waals surface area contributed by atoms with Crippen LogP contribution in [0.25, 0.3) is 11.5 Å². The van der Waals surface area contributed by atoms with Gasteiger partial charge in [0.25, 0.3) is 0 Å². The van der Waals surface area contributed by atoms with Gasteiger partial charge in [0.05, 0.1) is 11.0 Å². The first-order valence-electron chi connectivity index (χ1n) is 6.50. The van der Waals surface area contributed by atoms with Gasteiger partial charge in [0.2, 0.25) is 5.82 Å². The van der Waals surface area contributed by atoms with Gasteiger partial charge in [0.15, 0.2) is 5.69 Å². The largest absolute Gasteiger partial charge is 0.466 e. The molecule has 0 spiro atoms. The van der Waals surface area contributed by atoms with E-state index >= 15 is 0 Å². The summed E-state index contributed by atoms with van der Waals surface area (Å²) in [4.78, 5) is 11.9. The fourth-order valence-electron chi connectivity index (χ4n) is 1.98. The predicted molar refractivity (Wildman–Crippen MR) is 76.9 cm³/mol. The molecule has 0 aliphatic heterocycles. The van der Waals surface area contributed by atoms with E-state index in [1.165, 1.54) is 10.8 Å². The number of halogens is 1. The Labute approximate surface area is 132 Å². The molecule has 0 aliphatic rings. The monoisotopic (exact) mass is 369 g/mol. The zero-order valence-corrected chi connectivity index (χ0v) is 12.9. The van der Waals surface area contributed by atoms with Crippen molar-refractivity contribution in [2.24, 2.45) is 5.73 Å². The quantitative estimate of drug-likeness (QED) is 0.686. The zero-order chi connectivity index (χ0) is 15.5. The molecule has 0 bridgehead atoms. The van der Waals surface area contributed by atoms with Gasteiger partial charge < -0.3 is 10.2 Å². The second-order valence-corrected chi connectivity index (χ2v) is 5.46. The number of rotatable bonds is 6. The second kappa shape index (κ2) is 6.28. The van der Waals surface area contributed by atoms with E-state index in [4.69, 9.17) is 19.3 Å². The predicted octanol–water partition coefficient (Wildman–Crippen LogP) is 1.18. The molecule has 0 radical (unpaired) electrons. The van der Waals surface area contributed by atoms with Crippen molar-refractivity contribution in [3.63, 3.8) is 0 Å².